The minimum Gasteiger partial charge on any atom is -0.443 e. The van der Waals surface area contributed by atoms with Gasteiger partial charge in [-0.15, -0.1) is 0 Å². The van der Waals surface area contributed by atoms with Gasteiger partial charge < -0.3 is 14.1 Å². The number of nitrogens with zero attached hydrogens (tertiary/aromatic N) is 3. The molecule has 6 nitrogen and oxygen atoms in total. The van der Waals surface area contributed by atoms with Crippen LogP contribution < -0.4 is 4.74 Å². The molecule has 0 unspecified atom stereocenters. The normalized spacial score (nSPS) is 10.7. The summed E-state index contributed by atoms with van der Waals surface area (Å²) in [6.45, 7) is -1.04. The second-order valence-corrected chi connectivity index (χ2v) is 6.10. The number of carbonyl (C=O) groups is 1. The fourth-order valence-corrected chi connectivity index (χ4v) is 2.86. The van der Waals surface area contributed by atoms with Crippen molar-refractivity contribution in [1.82, 2.24) is 9.47 Å². The van der Waals surface area contributed by atoms with Crippen LogP contribution >= 0.6 is 0 Å². The Balaban J connectivity index is 1.81. The number of alkyl halides is 2. The first kappa shape index (κ1) is 19.2. The van der Waals surface area contributed by atoms with Gasteiger partial charge in [0.1, 0.15) is 28.7 Å². The van der Waals surface area contributed by atoms with Crippen molar-refractivity contribution < 1.29 is 22.7 Å². The third-order valence-corrected chi connectivity index (χ3v) is 4.15. The quantitative estimate of drug-likeness (QED) is 0.640. The highest BCUT2D eigenvalue weighted by atomic mass is 19.3. The lowest BCUT2D eigenvalue weighted by Gasteiger charge is -2.17. The summed E-state index contributed by atoms with van der Waals surface area (Å²) >= 11 is 0. The molecule has 0 atom stereocenters. The number of ether oxygens (including phenoxy) is 1. The Morgan fingerprint density at radius 3 is 2.50 bits per heavy atom. The Bertz CT molecular complexity index is 1000. The van der Waals surface area contributed by atoms with Gasteiger partial charge in [-0.1, -0.05) is 12.1 Å². The van der Waals surface area contributed by atoms with Crippen molar-refractivity contribution in [2.45, 2.75) is 20.1 Å². The average Bonchev–Trinajstić information content (AvgIpc) is 3.29. The molecule has 0 aliphatic carbocycles. The topological polar surface area (TPSA) is 71.4 Å². The van der Waals surface area contributed by atoms with Gasteiger partial charge in [-0.05, 0) is 36.8 Å². The van der Waals surface area contributed by atoms with Gasteiger partial charge >= 0.3 is 6.61 Å². The number of benzene rings is 1. The summed E-state index contributed by atoms with van der Waals surface area (Å²) in [4.78, 5) is 14.4. The first-order valence-electron chi connectivity index (χ1n) is 8.36. The van der Waals surface area contributed by atoms with Crippen molar-refractivity contribution in [3.8, 4) is 17.7 Å². The first-order valence-corrected chi connectivity index (χ1v) is 8.36. The van der Waals surface area contributed by atoms with E-state index >= 15 is 0 Å². The van der Waals surface area contributed by atoms with Crippen LogP contribution in [-0.2, 0) is 6.54 Å². The van der Waals surface area contributed by atoms with Crippen molar-refractivity contribution in [3.05, 3.63) is 71.2 Å². The molecule has 0 saturated carbocycles. The third-order valence-electron chi connectivity index (χ3n) is 4.15. The summed E-state index contributed by atoms with van der Waals surface area (Å²) in [5.74, 6) is 0.304. The van der Waals surface area contributed by atoms with Crippen molar-refractivity contribution >= 4 is 5.91 Å². The molecule has 0 bridgehead atoms. The van der Waals surface area contributed by atoms with Gasteiger partial charge in [-0.25, -0.2) is 0 Å². The second kappa shape index (κ2) is 7.96. The van der Waals surface area contributed by atoms with E-state index in [0.29, 0.717) is 5.76 Å². The molecule has 3 rings (SSSR count). The van der Waals surface area contributed by atoms with Gasteiger partial charge in [0.05, 0.1) is 0 Å². The van der Waals surface area contributed by atoms with Crippen LogP contribution in [0, 0.1) is 18.3 Å². The molecule has 1 amide bonds. The molecule has 28 heavy (non-hydrogen) atoms. The number of hydrogen-bond donors (Lipinski definition) is 0. The van der Waals surface area contributed by atoms with Gasteiger partial charge in [0, 0.05) is 26.0 Å². The molecule has 0 aliphatic rings. The van der Waals surface area contributed by atoms with E-state index < -0.39 is 6.61 Å². The van der Waals surface area contributed by atoms with Crippen LogP contribution in [0.1, 0.15) is 27.2 Å². The summed E-state index contributed by atoms with van der Waals surface area (Å²) in [5.41, 5.74) is 1.08. The van der Waals surface area contributed by atoms with E-state index in [9.17, 15) is 18.8 Å². The molecule has 1 aromatic carbocycles. The van der Waals surface area contributed by atoms with E-state index in [1.54, 1.807) is 55.2 Å². The van der Waals surface area contributed by atoms with Crippen LogP contribution in [0.15, 0.2) is 53.2 Å². The lowest BCUT2D eigenvalue weighted by atomic mass is 10.1. The second-order valence-electron chi connectivity index (χ2n) is 6.10. The number of nitriles is 1. The van der Waals surface area contributed by atoms with E-state index in [0.717, 1.165) is 5.56 Å². The van der Waals surface area contributed by atoms with Gasteiger partial charge in [0.2, 0.25) is 5.88 Å². The molecule has 0 N–H and O–H groups in total. The van der Waals surface area contributed by atoms with Gasteiger partial charge in [0.25, 0.3) is 5.91 Å². The van der Waals surface area contributed by atoms with Gasteiger partial charge in [-0.3, -0.25) is 9.36 Å². The molecule has 0 radical (unpaired) electrons. The van der Waals surface area contributed by atoms with Crippen LogP contribution in [0.5, 0.6) is 5.75 Å². The molecular formula is C20H17F2N3O3. The molecule has 0 aliphatic heterocycles. The predicted molar refractivity (Wildman–Crippen MR) is 96.4 cm³/mol. The Hall–Kier alpha value is -3.60. The minimum atomic E-state index is -2.89. The van der Waals surface area contributed by atoms with Crippen molar-refractivity contribution in [2.24, 2.45) is 0 Å². The summed E-state index contributed by atoms with van der Waals surface area (Å²) in [6.07, 6.45) is 3.44. The van der Waals surface area contributed by atoms with E-state index in [-0.39, 0.29) is 35.2 Å². The molecule has 8 heteroatoms. The zero-order chi connectivity index (χ0) is 20.3. The van der Waals surface area contributed by atoms with Crippen molar-refractivity contribution in [1.29, 1.82) is 5.26 Å². The maximum atomic E-state index is 12.9. The van der Waals surface area contributed by atoms with Crippen LogP contribution in [-0.4, -0.2) is 29.0 Å². The third kappa shape index (κ3) is 3.88. The highest BCUT2D eigenvalue weighted by Gasteiger charge is 2.26. The van der Waals surface area contributed by atoms with Crippen LogP contribution in [0.3, 0.4) is 0 Å². The summed E-state index contributed by atoms with van der Waals surface area (Å²) in [5, 5.41) is 9.57. The van der Waals surface area contributed by atoms with E-state index in [2.05, 4.69) is 4.74 Å². The lowest BCUT2D eigenvalue weighted by Crippen LogP contribution is -2.27. The highest BCUT2D eigenvalue weighted by molar-refractivity contribution is 5.98. The number of furan rings is 1. The maximum Gasteiger partial charge on any atom is 0.387 e. The van der Waals surface area contributed by atoms with Gasteiger partial charge in [0.15, 0.2) is 0 Å². The number of carbonyl (C=O) groups excluding carboxylic acids is 1. The lowest BCUT2D eigenvalue weighted by molar-refractivity contribution is -0.0498. The van der Waals surface area contributed by atoms with Crippen LogP contribution in [0.4, 0.5) is 8.78 Å². The zero-order valence-electron chi connectivity index (χ0n) is 15.2. The summed E-state index contributed by atoms with van der Waals surface area (Å²) in [7, 11) is 1.59. The molecule has 2 aromatic heterocycles. The fourth-order valence-electron chi connectivity index (χ4n) is 2.86. The fraction of sp³-hybridized carbons (Fsp3) is 0.200. The molecule has 2 heterocycles. The number of aryl methyl sites for hydroxylation is 1. The van der Waals surface area contributed by atoms with Gasteiger partial charge in [-0.2, -0.15) is 14.0 Å². The smallest absolute Gasteiger partial charge is 0.387 e. The van der Waals surface area contributed by atoms with E-state index in [1.807, 2.05) is 6.07 Å². The number of halogens is 2. The molecule has 0 saturated heterocycles. The first-order chi connectivity index (χ1) is 13.4. The average molecular weight is 385 g/mol. The Labute approximate surface area is 160 Å². The maximum absolute atomic E-state index is 12.9. The van der Waals surface area contributed by atoms with Crippen LogP contribution in [0.25, 0.3) is 5.88 Å². The number of amides is 1. The van der Waals surface area contributed by atoms with Crippen molar-refractivity contribution in [2.75, 3.05) is 7.05 Å². The van der Waals surface area contributed by atoms with E-state index in [1.165, 1.54) is 17.0 Å². The minimum absolute atomic E-state index is 0.0431. The number of hydrogen-bond acceptors (Lipinski definition) is 4. The van der Waals surface area contributed by atoms with Crippen LogP contribution in [0.2, 0.25) is 0 Å². The molecule has 0 spiro atoms. The molecule has 0 fully saturated rings. The Morgan fingerprint density at radius 1 is 1.29 bits per heavy atom. The summed E-state index contributed by atoms with van der Waals surface area (Å²) in [6, 6.07) is 11.6. The zero-order valence-corrected chi connectivity index (χ0v) is 15.2. The highest BCUT2D eigenvalue weighted by Crippen LogP contribution is 2.27. The Kier molecular flexibility index (Phi) is 5.45. The number of aromatic nitrogens is 1. The molecule has 144 valence electrons. The predicted octanol–water partition coefficient (Wildman–Crippen LogP) is 4.12. The van der Waals surface area contributed by atoms with E-state index in [4.69, 9.17) is 4.42 Å². The van der Waals surface area contributed by atoms with Crippen molar-refractivity contribution in [3.63, 3.8) is 0 Å². The molecular weight excluding hydrogens is 368 g/mol. The summed E-state index contributed by atoms with van der Waals surface area (Å²) < 4.78 is 36.1. The molecule has 3 aromatic rings. The largest absolute Gasteiger partial charge is 0.443 e. The monoisotopic (exact) mass is 385 g/mol. The standard InChI is InChI=1S/C20H17F2N3O3/c1-13-17(16(11-23)19(27-13)25-9-3-4-10-25)18(26)24(2)12-14-5-7-15(8-6-14)28-20(21)22/h3-10,20H,12H2,1-2H3. The Morgan fingerprint density at radius 2 is 1.93 bits per heavy atom. The number of rotatable bonds is 6. The SMILES string of the molecule is Cc1oc(-n2cccc2)c(C#N)c1C(=O)N(C)Cc1ccc(OC(F)F)cc1.